The SMILES string of the molecule is C#CCCOc1ccc(CN)cc1[N+](=O)[O-]. The van der Waals surface area contributed by atoms with Crippen LogP contribution in [0.2, 0.25) is 0 Å². The molecule has 0 aliphatic rings. The average molecular weight is 220 g/mol. The fourth-order valence-electron chi connectivity index (χ4n) is 1.17. The lowest BCUT2D eigenvalue weighted by Gasteiger charge is -2.06. The molecule has 1 aromatic rings. The minimum absolute atomic E-state index is 0.0834. The predicted molar refractivity (Wildman–Crippen MR) is 59.9 cm³/mol. The summed E-state index contributed by atoms with van der Waals surface area (Å²) in [4.78, 5) is 10.3. The molecule has 1 rings (SSSR count). The molecule has 0 saturated carbocycles. The number of terminal acetylenes is 1. The third-order valence-electron chi connectivity index (χ3n) is 1.96. The first kappa shape index (κ1) is 12.0. The zero-order valence-corrected chi connectivity index (χ0v) is 8.68. The van der Waals surface area contributed by atoms with E-state index in [0.717, 1.165) is 0 Å². The number of hydrogen-bond donors (Lipinski definition) is 1. The molecular formula is C11H12N2O3. The molecule has 0 aromatic heterocycles. The van der Waals surface area contributed by atoms with Crippen LogP contribution in [0.3, 0.4) is 0 Å². The Balaban J connectivity index is 2.90. The second-order valence-corrected chi connectivity index (χ2v) is 3.07. The third-order valence-corrected chi connectivity index (χ3v) is 1.96. The van der Waals surface area contributed by atoms with Gasteiger partial charge in [-0.15, -0.1) is 12.3 Å². The molecule has 0 aliphatic heterocycles. The van der Waals surface area contributed by atoms with Crippen LogP contribution >= 0.6 is 0 Å². The molecule has 0 aliphatic carbocycles. The summed E-state index contributed by atoms with van der Waals surface area (Å²) in [5.41, 5.74) is 6.01. The van der Waals surface area contributed by atoms with Gasteiger partial charge in [0.15, 0.2) is 5.75 Å². The van der Waals surface area contributed by atoms with E-state index in [9.17, 15) is 10.1 Å². The van der Waals surface area contributed by atoms with Crippen LogP contribution in [0.4, 0.5) is 5.69 Å². The first-order chi connectivity index (χ1) is 7.69. The summed E-state index contributed by atoms with van der Waals surface area (Å²) in [6, 6.07) is 4.64. The Hall–Kier alpha value is -2.06. The Morgan fingerprint density at radius 2 is 2.31 bits per heavy atom. The van der Waals surface area contributed by atoms with Gasteiger partial charge in [-0.25, -0.2) is 0 Å². The van der Waals surface area contributed by atoms with E-state index in [4.69, 9.17) is 16.9 Å². The highest BCUT2D eigenvalue weighted by molar-refractivity contribution is 5.48. The van der Waals surface area contributed by atoms with Crippen molar-refractivity contribution in [2.24, 2.45) is 5.73 Å². The normalized spacial score (nSPS) is 9.50. The van der Waals surface area contributed by atoms with Crippen LogP contribution in [0.5, 0.6) is 5.75 Å². The van der Waals surface area contributed by atoms with Gasteiger partial charge in [-0.1, -0.05) is 6.07 Å². The van der Waals surface area contributed by atoms with Gasteiger partial charge in [-0.05, 0) is 11.6 Å². The fourth-order valence-corrected chi connectivity index (χ4v) is 1.17. The topological polar surface area (TPSA) is 78.4 Å². The molecule has 0 unspecified atom stereocenters. The van der Waals surface area contributed by atoms with E-state index in [-0.39, 0.29) is 24.6 Å². The molecule has 0 fully saturated rings. The molecule has 1 aromatic carbocycles. The van der Waals surface area contributed by atoms with Crippen molar-refractivity contribution in [3.05, 3.63) is 33.9 Å². The number of hydrogen-bond acceptors (Lipinski definition) is 4. The van der Waals surface area contributed by atoms with Crippen LogP contribution < -0.4 is 10.5 Å². The van der Waals surface area contributed by atoms with Crippen LogP contribution in [-0.4, -0.2) is 11.5 Å². The van der Waals surface area contributed by atoms with Gasteiger partial charge in [0.2, 0.25) is 0 Å². The standard InChI is InChI=1S/C11H12N2O3/c1-2-3-6-16-11-5-4-9(8-12)7-10(11)13(14)15/h1,4-5,7H,3,6,8,12H2. The first-order valence-electron chi connectivity index (χ1n) is 4.72. The number of ether oxygens (including phenoxy) is 1. The molecule has 16 heavy (non-hydrogen) atoms. The van der Waals surface area contributed by atoms with Crippen molar-refractivity contribution < 1.29 is 9.66 Å². The van der Waals surface area contributed by atoms with Crippen LogP contribution in [0.15, 0.2) is 18.2 Å². The van der Waals surface area contributed by atoms with Crippen molar-refractivity contribution in [3.8, 4) is 18.1 Å². The third kappa shape index (κ3) is 2.97. The summed E-state index contributed by atoms with van der Waals surface area (Å²) in [7, 11) is 0. The van der Waals surface area contributed by atoms with E-state index < -0.39 is 4.92 Å². The van der Waals surface area contributed by atoms with Gasteiger partial charge >= 0.3 is 5.69 Å². The lowest BCUT2D eigenvalue weighted by atomic mass is 10.2. The summed E-state index contributed by atoms with van der Waals surface area (Å²) in [6.07, 6.45) is 5.47. The second-order valence-electron chi connectivity index (χ2n) is 3.07. The van der Waals surface area contributed by atoms with Crippen molar-refractivity contribution in [2.45, 2.75) is 13.0 Å². The maximum absolute atomic E-state index is 10.8. The van der Waals surface area contributed by atoms with Gasteiger partial charge in [0, 0.05) is 19.0 Å². The smallest absolute Gasteiger partial charge is 0.311 e. The van der Waals surface area contributed by atoms with Gasteiger partial charge in [0.25, 0.3) is 0 Å². The van der Waals surface area contributed by atoms with Crippen LogP contribution in [0.1, 0.15) is 12.0 Å². The van der Waals surface area contributed by atoms with Crippen LogP contribution in [0, 0.1) is 22.5 Å². The number of benzene rings is 1. The van der Waals surface area contributed by atoms with Gasteiger partial charge < -0.3 is 10.5 Å². The number of rotatable bonds is 5. The van der Waals surface area contributed by atoms with E-state index in [1.165, 1.54) is 12.1 Å². The molecule has 84 valence electrons. The predicted octanol–water partition coefficient (Wildman–Crippen LogP) is 1.46. The molecule has 0 spiro atoms. The van der Waals surface area contributed by atoms with E-state index in [2.05, 4.69) is 5.92 Å². The van der Waals surface area contributed by atoms with Crippen molar-refractivity contribution in [3.63, 3.8) is 0 Å². The highest BCUT2D eigenvalue weighted by Crippen LogP contribution is 2.27. The highest BCUT2D eigenvalue weighted by Gasteiger charge is 2.15. The molecule has 0 radical (unpaired) electrons. The Morgan fingerprint density at radius 3 is 2.88 bits per heavy atom. The van der Waals surface area contributed by atoms with Gasteiger partial charge in [0.05, 0.1) is 11.5 Å². The van der Waals surface area contributed by atoms with Crippen LogP contribution in [-0.2, 0) is 6.54 Å². The van der Waals surface area contributed by atoms with Gasteiger partial charge in [-0.2, -0.15) is 0 Å². The van der Waals surface area contributed by atoms with E-state index >= 15 is 0 Å². The van der Waals surface area contributed by atoms with Crippen molar-refractivity contribution in [1.82, 2.24) is 0 Å². The minimum atomic E-state index is -0.496. The molecule has 0 bridgehead atoms. The van der Waals surface area contributed by atoms with Gasteiger partial charge in [-0.3, -0.25) is 10.1 Å². The zero-order chi connectivity index (χ0) is 12.0. The Kier molecular flexibility index (Phi) is 4.30. The molecule has 0 atom stereocenters. The summed E-state index contributed by atoms with van der Waals surface area (Å²) < 4.78 is 5.21. The molecule has 5 heteroatoms. The highest BCUT2D eigenvalue weighted by atomic mass is 16.6. The van der Waals surface area contributed by atoms with Crippen molar-refractivity contribution in [2.75, 3.05) is 6.61 Å². The van der Waals surface area contributed by atoms with E-state index in [0.29, 0.717) is 12.0 Å². The van der Waals surface area contributed by atoms with Gasteiger partial charge in [0.1, 0.15) is 0 Å². The van der Waals surface area contributed by atoms with E-state index in [1.54, 1.807) is 6.07 Å². The summed E-state index contributed by atoms with van der Waals surface area (Å²) >= 11 is 0. The average Bonchev–Trinajstić information content (AvgIpc) is 2.29. The quantitative estimate of drug-likeness (QED) is 0.352. The summed E-state index contributed by atoms with van der Waals surface area (Å²) in [5, 5.41) is 10.8. The number of nitrogens with zero attached hydrogens (tertiary/aromatic N) is 1. The fraction of sp³-hybridized carbons (Fsp3) is 0.273. The summed E-state index contributed by atoms with van der Waals surface area (Å²) in [6.45, 7) is 0.519. The number of nitro groups is 1. The number of nitrogens with two attached hydrogens (primary N) is 1. The lowest BCUT2D eigenvalue weighted by Crippen LogP contribution is -2.02. The van der Waals surface area contributed by atoms with Crippen LogP contribution in [0.25, 0.3) is 0 Å². The zero-order valence-electron chi connectivity index (χ0n) is 8.68. The van der Waals surface area contributed by atoms with E-state index in [1.807, 2.05) is 0 Å². The molecule has 5 nitrogen and oxygen atoms in total. The molecular weight excluding hydrogens is 208 g/mol. The maximum atomic E-state index is 10.8. The Bertz CT molecular complexity index is 424. The van der Waals surface area contributed by atoms with Crippen molar-refractivity contribution >= 4 is 5.69 Å². The molecule has 0 saturated heterocycles. The Labute approximate surface area is 93.4 Å². The minimum Gasteiger partial charge on any atom is -0.486 e. The van der Waals surface area contributed by atoms with Crippen molar-refractivity contribution in [1.29, 1.82) is 0 Å². The second kappa shape index (κ2) is 5.73. The maximum Gasteiger partial charge on any atom is 0.311 e. The number of nitro benzene ring substituents is 1. The monoisotopic (exact) mass is 220 g/mol. The molecule has 2 N–H and O–H groups in total. The largest absolute Gasteiger partial charge is 0.486 e. The molecule has 0 amide bonds. The lowest BCUT2D eigenvalue weighted by molar-refractivity contribution is -0.385. The molecule has 0 heterocycles. The Morgan fingerprint density at radius 1 is 1.56 bits per heavy atom. The first-order valence-corrected chi connectivity index (χ1v) is 4.72. The summed E-state index contributed by atoms with van der Waals surface area (Å²) in [5.74, 6) is 2.61.